The summed E-state index contributed by atoms with van der Waals surface area (Å²) in [5.74, 6) is 1.04. The molecule has 1 heterocycles. The fourth-order valence-corrected chi connectivity index (χ4v) is 2.54. The molecule has 80 valence electrons. The molecule has 0 aliphatic carbocycles. The van der Waals surface area contributed by atoms with E-state index in [0.29, 0.717) is 6.04 Å². The van der Waals surface area contributed by atoms with E-state index < -0.39 is 0 Å². The minimum Gasteiger partial charge on any atom is -0.340 e. The van der Waals surface area contributed by atoms with Crippen LogP contribution < -0.4 is 5.32 Å². The summed E-state index contributed by atoms with van der Waals surface area (Å²) in [6, 6.07) is 0.498. The minimum absolute atomic E-state index is 0.286. The van der Waals surface area contributed by atoms with E-state index >= 15 is 0 Å². The Balaban J connectivity index is 2.43. The van der Waals surface area contributed by atoms with Crippen LogP contribution in [0.3, 0.4) is 0 Å². The van der Waals surface area contributed by atoms with Crippen molar-refractivity contribution in [3.63, 3.8) is 0 Å². The summed E-state index contributed by atoms with van der Waals surface area (Å²) < 4.78 is 0. The molecule has 1 aromatic heterocycles. The first-order chi connectivity index (χ1) is 6.54. The number of aromatic nitrogens is 2. The largest absolute Gasteiger partial charge is 0.340 e. The van der Waals surface area contributed by atoms with Crippen LogP contribution in [0.15, 0.2) is 17.6 Å². The molecule has 3 nitrogen and oxygen atoms in total. The Bertz CT molecular complexity index is 251. The lowest BCUT2D eigenvalue weighted by atomic mass is 9.88. The molecule has 4 heteroatoms. The molecule has 0 saturated carbocycles. The van der Waals surface area contributed by atoms with Crippen molar-refractivity contribution >= 4 is 11.8 Å². The number of hydrogen-bond acceptors (Lipinski definition) is 3. The molecule has 14 heavy (non-hydrogen) atoms. The molecule has 0 aliphatic rings. The number of imidazole rings is 1. The predicted octanol–water partition coefficient (Wildman–Crippen LogP) is 2.14. The van der Waals surface area contributed by atoms with E-state index in [1.807, 2.05) is 13.2 Å². The maximum Gasteiger partial charge on any atom is 0.165 e. The zero-order valence-electron chi connectivity index (χ0n) is 9.29. The topological polar surface area (TPSA) is 40.7 Å². The summed E-state index contributed by atoms with van der Waals surface area (Å²) in [6.45, 7) is 6.74. The van der Waals surface area contributed by atoms with Gasteiger partial charge in [-0.25, -0.2) is 4.98 Å². The number of nitrogens with one attached hydrogen (secondary N) is 2. The minimum atomic E-state index is 0.286. The van der Waals surface area contributed by atoms with Crippen molar-refractivity contribution in [3.05, 3.63) is 12.4 Å². The van der Waals surface area contributed by atoms with E-state index in [4.69, 9.17) is 0 Å². The van der Waals surface area contributed by atoms with Crippen molar-refractivity contribution in [3.8, 4) is 0 Å². The Morgan fingerprint density at radius 3 is 2.71 bits per heavy atom. The molecule has 1 rings (SSSR count). The van der Waals surface area contributed by atoms with Crippen molar-refractivity contribution < 1.29 is 0 Å². The van der Waals surface area contributed by atoms with E-state index in [1.165, 1.54) is 0 Å². The van der Waals surface area contributed by atoms with Crippen LogP contribution in [-0.2, 0) is 0 Å². The first kappa shape index (κ1) is 11.6. The van der Waals surface area contributed by atoms with Gasteiger partial charge in [0.15, 0.2) is 5.16 Å². The highest BCUT2D eigenvalue weighted by Crippen LogP contribution is 2.24. The van der Waals surface area contributed by atoms with Crippen molar-refractivity contribution in [1.29, 1.82) is 0 Å². The highest BCUT2D eigenvalue weighted by molar-refractivity contribution is 7.99. The van der Waals surface area contributed by atoms with Gasteiger partial charge < -0.3 is 10.3 Å². The molecule has 0 aromatic carbocycles. The Kier molecular flexibility index (Phi) is 4.01. The number of nitrogens with zero attached hydrogens (tertiary/aromatic N) is 1. The second-order valence-corrected chi connectivity index (χ2v) is 5.42. The average molecular weight is 213 g/mol. The van der Waals surface area contributed by atoms with Gasteiger partial charge in [0.2, 0.25) is 0 Å². The zero-order valence-corrected chi connectivity index (χ0v) is 10.1. The van der Waals surface area contributed by atoms with Crippen LogP contribution in [0.2, 0.25) is 0 Å². The summed E-state index contributed by atoms with van der Waals surface area (Å²) in [5, 5.41) is 4.34. The first-order valence-corrected chi connectivity index (χ1v) is 5.82. The number of H-pyrrole nitrogens is 1. The third-order valence-electron chi connectivity index (χ3n) is 2.25. The van der Waals surface area contributed by atoms with Crippen LogP contribution in [0.5, 0.6) is 0 Å². The Hall–Kier alpha value is -0.480. The predicted molar refractivity (Wildman–Crippen MR) is 61.6 cm³/mol. The third kappa shape index (κ3) is 3.35. The van der Waals surface area contributed by atoms with Gasteiger partial charge in [0, 0.05) is 24.2 Å². The summed E-state index contributed by atoms with van der Waals surface area (Å²) in [6.07, 6.45) is 3.64. The lowest BCUT2D eigenvalue weighted by Crippen LogP contribution is -2.40. The Morgan fingerprint density at radius 1 is 1.57 bits per heavy atom. The lowest BCUT2D eigenvalue weighted by molar-refractivity contribution is 0.305. The van der Waals surface area contributed by atoms with Gasteiger partial charge in [-0.05, 0) is 12.5 Å². The molecule has 0 bridgehead atoms. The molecule has 1 atom stereocenters. The molecular weight excluding hydrogens is 194 g/mol. The van der Waals surface area contributed by atoms with E-state index in [9.17, 15) is 0 Å². The molecular formula is C10H19N3S. The number of thioether (sulfide) groups is 1. The molecule has 0 aliphatic heterocycles. The first-order valence-electron chi connectivity index (χ1n) is 4.83. The van der Waals surface area contributed by atoms with Crippen LogP contribution in [0.4, 0.5) is 0 Å². The summed E-state index contributed by atoms with van der Waals surface area (Å²) in [5.41, 5.74) is 0.286. The van der Waals surface area contributed by atoms with Crippen LogP contribution >= 0.6 is 11.8 Å². The van der Waals surface area contributed by atoms with E-state index in [1.54, 1.807) is 18.0 Å². The maximum atomic E-state index is 4.18. The normalized spacial score (nSPS) is 14.3. The fourth-order valence-electron chi connectivity index (χ4n) is 1.26. The van der Waals surface area contributed by atoms with Gasteiger partial charge in [0.05, 0.1) is 0 Å². The Labute approximate surface area is 90.1 Å². The molecule has 0 fully saturated rings. The second-order valence-electron chi connectivity index (χ2n) is 4.41. The van der Waals surface area contributed by atoms with Gasteiger partial charge in [-0.2, -0.15) is 0 Å². The van der Waals surface area contributed by atoms with E-state index in [0.717, 1.165) is 10.9 Å². The summed E-state index contributed by atoms with van der Waals surface area (Å²) in [7, 11) is 2.01. The van der Waals surface area contributed by atoms with E-state index in [2.05, 4.69) is 36.1 Å². The van der Waals surface area contributed by atoms with E-state index in [-0.39, 0.29) is 5.41 Å². The van der Waals surface area contributed by atoms with Crippen LogP contribution in [0.25, 0.3) is 0 Å². The van der Waals surface area contributed by atoms with Gasteiger partial charge in [-0.1, -0.05) is 32.5 Å². The fraction of sp³-hybridized carbons (Fsp3) is 0.700. The van der Waals surface area contributed by atoms with Crippen LogP contribution in [0.1, 0.15) is 20.8 Å². The summed E-state index contributed by atoms with van der Waals surface area (Å²) in [4.78, 5) is 7.28. The van der Waals surface area contributed by atoms with Crippen molar-refractivity contribution in [2.45, 2.75) is 32.0 Å². The Morgan fingerprint density at radius 2 is 2.29 bits per heavy atom. The number of rotatable bonds is 4. The van der Waals surface area contributed by atoms with Gasteiger partial charge in [0.25, 0.3) is 0 Å². The molecule has 0 saturated heterocycles. The molecule has 2 N–H and O–H groups in total. The molecule has 0 radical (unpaired) electrons. The third-order valence-corrected chi connectivity index (χ3v) is 3.25. The van der Waals surface area contributed by atoms with Gasteiger partial charge in [-0.15, -0.1) is 0 Å². The SMILES string of the molecule is CNC(CSc1ncc[nH]1)C(C)(C)C. The van der Waals surface area contributed by atoms with Gasteiger partial charge >= 0.3 is 0 Å². The standard InChI is InChI=1S/C10H19N3S/c1-10(2,3)8(11-4)7-14-9-12-5-6-13-9/h5-6,8,11H,7H2,1-4H3,(H,12,13). The summed E-state index contributed by atoms with van der Waals surface area (Å²) >= 11 is 1.76. The molecule has 1 aromatic rings. The van der Waals surface area contributed by atoms with Gasteiger partial charge in [-0.3, -0.25) is 0 Å². The number of hydrogen-bond donors (Lipinski definition) is 2. The van der Waals surface area contributed by atoms with Crippen molar-refractivity contribution in [2.24, 2.45) is 5.41 Å². The highest BCUT2D eigenvalue weighted by Gasteiger charge is 2.22. The monoisotopic (exact) mass is 213 g/mol. The molecule has 1 unspecified atom stereocenters. The smallest absolute Gasteiger partial charge is 0.165 e. The van der Waals surface area contributed by atoms with Crippen LogP contribution in [-0.4, -0.2) is 28.8 Å². The zero-order chi connectivity index (χ0) is 10.6. The van der Waals surface area contributed by atoms with Crippen molar-refractivity contribution in [1.82, 2.24) is 15.3 Å². The van der Waals surface area contributed by atoms with Crippen molar-refractivity contribution in [2.75, 3.05) is 12.8 Å². The quantitative estimate of drug-likeness (QED) is 0.753. The molecule has 0 amide bonds. The lowest BCUT2D eigenvalue weighted by Gasteiger charge is -2.29. The number of aromatic amines is 1. The maximum absolute atomic E-state index is 4.18. The molecule has 0 spiro atoms. The van der Waals surface area contributed by atoms with Gasteiger partial charge in [0.1, 0.15) is 0 Å². The highest BCUT2D eigenvalue weighted by atomic mass is 32.2. The average Bonchev–Trinajstić information content (AvgIpc) is 2.55. The van der Waals surface area contributed by atoms with Crippen LogP contribution in [0, 0.1) is 5.41 Å². The second kappa shape index (κ2) is 4.84.